The molecule has 3 nitrogen and oxygen atoms in total. The summed E-state index contributed by atoms with van der Waals surface area (Å²) in [5.41, 5.74) is 0. The van der Waals surface area contributed by atoms with Crippen LogP contribution in [0.15, 0.2) is 12.7 Å². The molecular weight excluding hydrogens is 245 g/mol. The van der Waals surface area contributed by atoms with E-state index in [4.69, 9.17) is 0 Å². The molecule has 0 aliphatic carbocycles. The molecule has 0 aliphatic rings. The quantitative estimate of drug-likeness (QED) is 0.356. The van der Waals surface area contributed by atoms with Gasteiger partial charge in [0.05, 0.1) is 0 Å². The zero-order chi connectivity index (χ0) is 8.15. The Morgan fingerprint density at radius 2 is 2.20 bits per heavy atom. The molecular formula is C6H8INO2. The van der Waals surface area contributed by atoms with Crippen molar-refractivity contribution in [3.05, 3.63) is 12.7 Å². The largest absolute Gasteiger partial charge is 0.334 e. The topological polar surface area (TPSA) is 46.2 Å². The predicted molar refractivity (Wildman–Crippen MR) is 47.2 cm³/mol. The van der Waals surface area contributed by atoms with E-state index in [1.54, 1.807) is 22.6 Å². The highest BCUT2D eigenvalue weighted by molar-refractivity contribution is 14.1. The molecule has 0 aliphatic heterocycles. The van der Waals surface area contributed by atoms with E-state index in [0.29, 0.717) is 0 Å². The smallest absolute Gasteiger partial charge is 0.281 e. The minimum atomic E-state index is -0.538. The van der Waals surface area contributed by atoms with Gasteiger partial charge in [0.25, 0.3) is 3.91 Å². The maximum absolute atomic E-state index is 10.6. The summed E-state index contributed by atoms with van der Waals surface area (Å²) in [6.45, 7) is 4.80. The highest BCUT2D eigenvalue weighted by atomic mass is 127. The van der Waals surface area contributed by atoms with Crippen molar-refractivity contribution in [2.75, 3.05) is 0 Å². The van der Waals surface area contributed by atoms with Gasteiger partial charge in [-0.1, -0.05) is 6.08 Å². The minimum absolute atomic E-state index is 0.111. The molecule has 56 valence electrons. The standard InChI is InChI=1S/C6H8INO2/c1-3-5(4(2)9)8-6(7)10/h3,5H,1H2,2H3,(H,8,10)/t5-/m1/s1. The van der Waals surface area contributed by atoms with Gasteiger partial charge in [-0.3, -0.25) is 9.59 Å². The maximum Gasteiger partial charge on any atom is 0.281 e. The monoisotopic (exact) mass is 253 g/mol. The van der Waals surface area contributed by atoms with Gasteiger partial charge in [-0.2, -0.15) is 0 Å². The normalized spacial score (nSPS) is 11.8. The van der Waals surface area contributed by atoms with Crippen molar-refractivity contribution < 1.29 is 9.59 Å². The molecule has 10 heavy (non-hydrogen) atoms. The molecule has 0 radical (unpaired) electrons. The van der Waals surface area contributed by atoms with Crippen LogP contribution in [0.25, 0.3) is 0 Å². The lowest BCUT2D eigenvalue weighted by molar-refractivity contribution is -0.117. The fourth-order valence-corrected chi connectivity index (χ4v) is 0.784. The molecule has 0 saturated heterocycles. The average Bonchev–Trinajstić information content (AvgIpc) is 1.81. The molecule has 0 unspecified atom stereocenters. The SMILES string of the molecule is C=C[C@@H](NC(=O)I)C(C)=O. The molecule has 1 atom stereocenters. The van der Waals surface area contributed by atoms with Crippen molar-refractivity contribution in [1.29, 1.82) is 0 Å². The van der Waals surface area contributed by atoms with E-state index in [9.17, 15) is 9.59 Å². The summed E-state index contributed by atoms with van der Waals surface area (Å²) in [6, 6.07) is -0.538. The van der Waals surface area contributed by atoms with Gasteiger partial charge in [0.2, 0.25) is 0 Å². The molecule has 4 heteroatoms. The number of ketones is 1. The molecule has 0 rings (SSSR count). The van der Waals surface area contributed by atoms with Crippen molar-refractivity contribution >= 4 is 32.3 Å². The van der Waals surface area contributed by atoms with Crippen LogP contribution in [0.5, 0.6) is 0 Å². The van der Waals surface area contributed by atoms with Gasteiger partial charge >= 0.3 is 0 Å². The first-order chi connectivity index (χ1) is 4.57. The van der Waals surface area contributed by atoms with Gasteiger partial charge in [0.1, 0.15) is 6.04 Å². The van der Waals surface area contributed by atoms with Gasteiger partial charge in [-0.05, 0) is 6.92 Å². The van der Waals surface area contributed by atoms with E-state index in [1.807, 2.05) is 0 Å². The summed E-state index contributed by atoms with van der Waals surface area (Å²) < 4.78 is -0.252. The third-order valence-electron chi connectivity index (χ3n) is 0.943. The molecule has 0 heterocycles. The number of carbonyl (C=O) groups excluding carboxylic acids is 2. The van der Waals surface area contributed by atoms with Crippen molar-refractivity contribution in [3.8, 4) is 0 Å². The third-order valence-corrected chi connectivity index (χ3v) is 1.25. The first kappa shape index (κ1) is 9.61. The van der Waals surface area contributed by atoms with Crippen molar-refractivity contribution in [2.45, 2.75) is 13.0 Å². The second-order valence-corrected chi connectivity index (χ2v) is 2.72. The number of halogens is 1. The summed E-state index contributed by atoms with van der Waals surface area (Å²) in [6.07, 6.45) is 1.40. The molecule has 1 N–H and O–H groups in total. The lowest BCUT2D eigenvalue weighted by atomic mass is 10.2. The van der Waals surface area contributed by atoms with Crippen LogP contribution in [0, 0.1) is 0 Å². The fourth-order valence-electron chi connectivity index (χ4n) is 0.449. The number of nitrogens with one attached hydrogen (secondary N) is 1. The molecule has 0 spiro atoms. The van der Waals surface area contributed by atoms with Gasteiger partial charge in [0, 0.05) is 22.6 Å². The van der Waals surface area contributed by atoms with Crippen LogP contribution in [-0.2, 0) is 4.79 Å². The summed E-state index contributed by atoms with van der Waals surface area (Å²) in [5.74, 6) is -0.111. The summed E-state index contributed by atoms with van der Waals surface area (Å²) in [7, 11) is 0. The zero-order valence-electron chi connectivity index (χ0n) is 5.56. The molecule has 0 bridgehead atoms. The van der Waals surface area contributed by atoms with Crippen LogP contribution in [-0.4, -0.2) is 15.7 Å². The lowest BCUT2D eigenvalue weighted by Gasteiger charge is -2.06. The van der Waals surface area contributed by atoms with E-state index in [0.717, 1.165) is 0 Å². The minimum Gasteiger partial charge on any atom is -0.334 e. The van der Waals surface area contributed by atoms with Gasteiger partial charge in [-0.15, -0.1) is 6.58 Å². The van der Waals surface area contributed by atoms with E-state index >= 15 is 0 Å². The molecule has 0 saturated carbocycles. The van der Waals surface area contributed by atoms with Crippen molar-refractivity contribution in [3.63, 3.8) is 0 Å². The Morgan fingerprint density at radius 3 is 2.30 bits per heavy atom. The molecule has 0 aromatic rings. The summed E-state index contributed by atoms with van der Waals surface area (Å²) >= 11 is 1.56. The number of rotatable bonds is 3. The first-order valence-electron chi connectivity index (χ1n) is 2.67. The lowest BCUT2D eigenvalue weighted by Crippen LogP contribution is -2.34. The summed E-state index contributed by atoms with van der Waals surface area (Å²) in [5, 5.41) is 2.41. The van der Waals surface area contributed by atoms with Crippen molar-refractivity contribution in [1.82, 2.24) is 5.32 Å². The molecule has 1 amide bonds. The Morgan fingerprint density at radius 1 is 1.70 bits per heavy atom. The Balaban J connectivity index is 3.96. The molecule has 0 fully saturated rings. The Bertz CT molecular complexity index is 167. The molecule has 0 aromatic carbocycles. The van der Waals surface area contributed by atoms with E-state index in [1.165, 1.54) is 13.0 Å². The van der Waals surface area contributed by atoms with Gasteiger partial charge in [-0.25, -0.2) is 0 Å². The predicted octanol–water partition coefficient (Wildman–Crippen LogP) is 1.27. The number of hydrogen-bond donors (Lipinski definition) is 1. The fraction of sp³-hybridized carbons (Fsp3) is 0.333. The van der Waals surface area contributed by atoms with Crippen LogP contribution >= 0.6 is 22.6 Å². The van der Waals surface area contributed by atoms with Crippen LogP contribution < -0.4 is 5.32 Å². The van der Waals surface area contributed by atoms with Crippen LogP contribution in [0.4, 0.5) is 4.79 Å². The average molecular weight is 253 g/mol. The first-order valence-corrected chi connectivity index (χ1v) is 3.74. The Kier molecular flexibility index (Phi) is 4.26. The van der Waals surface area contributed by atoms with E-state index in [-0.39, 0.29) is 9.70 Å². The van der Waals surface area contributed by atoms with E-state index in [2.05, 4.69) is 11.9 Å². The maximum atomic E-state index is 10.6. The van der Waals surface area contributed by atoms with Gasteiger partial charge in [0.15, 0.2) is 5.78 Å². The number of hydrogen-bond acceptors (Lipinski definition) is 2. The van der Waals surface area contributed by atoms with E-state index < -0.39 is 6.04 Å². The Hall–Kier alpha value is -0.390. The second-order valence-electron chi connectivity index (χ2n) is 1.74. The number of amides is 1. The molecule has 0 aromatic heterocycles. The van der Waals surface area contributed by atoms with Crippen LogP contribution in [0.2, 0.25) is 0 Å². The summed E-state index contributed by atoms with van der Waals surface area (Å²) in [4.78, 5) is 21.0. The highest BCUT2D eigenvalue weighted by Gasteiger charge is 2.09. The second kappa shape index (κ2) is 4.43. The van der Waals surface area contributed by atoms with Crippen molar-refractivity contribution in [2.24, 2.45) is 0 Å². The highest BCUT2D eigenvalue weighted by Crippen LogP contribution is 1.91. The van der Waals surface area contributed by atoms with Crippen LogP contribution in [0.1, 0.15) is 6.92 Å². The Labute approximate surface area is 73.0 Å². The zero-order valence-corrected chi connectivity index (χ0v) is 7.71. The van der Waals surface area contributed by atoms with Gasteiger partial charge < -0.3 is 5.32 Å². The number of Topliss-reactive ketones (excluding diaryl/α,β-unsaturated/α-hetero) is 1. The van der Waals surface area contributed by atoms with Crippen LogP contribution in [0.3, 0.4) is 0 Å². The number of carbonyl (C=O) groups is 2. The third kappa shape index (κ3) is 3.60.